The molecule has 0 spiro atoms. The van der Waals surface area contributed by atoms with Gasteiger partial charge in [-0.25, -0.2) is 0 Å². The highest BCUT2D eigenvalue weighted by atomic mass is 35.5. The first kappa shape index (κ1) is 13.2. The summed E-state index contributed by atoms with van der Waals surface area (Å²) in [5.74, 6) is 0.738. The average Bonchev–Trinajstić information content (AvgIpc) is 2.65. The van der Waals surface area contributed by atoms with E-state index >= 15 is 0 Å². The van der Waals surface area contributed by atoms with Crippen molar-refractivity contribution in [3.8, 4) is 5.75 Å². The molecule has 1 aromatic rings. The predicted octanol–water partition coefficient (Wildman–Crippen LogP) is 4.18. The summed E-state index contributed by atoms with van der Waals surface area (Å²) >= 11 is 5.85. The lowest BCUT2D eigenvalue weighted by Crippen LogP contribution is -2.13. The van der Waals surface area contributed by atoms with Crippen LogP contribution in [0.5, 0.6) is 5.75 Å². The predicted molar refractivity (Wildman–Crippen MR) is 73.1 cm³/mol. The highest BCUT2D eigenvalue weighted by Crippen LogP contribution is 2.20. The highest BCUT2D eigenvalue weighted by molar-refractivity contribution is 6.30. The molecule has 18 heavy (non-hydrogen) atoms. The lowest BCUT2D eigenvalue weighted by molar-refractivity contribution is -0.117. The molecule has 0 aliphatic heterocycles. The lowest BCUT2D eigenvalue weighted by atomic mass is 10.1. The van der Waals surface area contributed by atoms with Gasteiger partial charge in [-0.1, -0.05) is 30.2 Å². The van der Waals surface area contributed by atoms with Crippen LogP contribution in [-0.2, 0) is 4.79 Å². The molecule has 0 atom stereocenters. The number of ketones is 1. The minimum atomic E-state index is 0.0943. The van der Waals surface area contributed by atoms with Gasteiger partial charge in [0.25, 0.3) is 0 Å². The van der Waals surface area contributed by atoms with E-state index in [-0.39, 0.29) is 12.4 Å². The first-order chi connectivity index (χ1) is 8.75. The van der Waals surface area contributed by atoms with Crippen molar-refractivity contribution in [2.75, 3.05) is 6.61 Å². The van der Waals surface area contributed by atoms with E-state index in [1.165, 1.54) is 12.8 Å². The van der Waals surface area contributed by atoms with E-state index in [2.05, 4.69) is 6.08 Å². The number of Topliss-reactive ketones (excluding diaryl/α,β-unsaturated/α-hetero) is 1. The number of carbonyl (C=O) groups is 1. The van der Waals surface area contributed by atoms with Crippen molar-refractivity contribution >= 4 is 17.4 Å². The van der Waals surface area contributed by atoms with E-state index < -0.39 is 0 Å². The fourth-order valence-corrected chi connectivity index (χ4v) is 2.25. The zero-order valence-corrected chi connectivity index (χ0v) is 11.1. The number of benzene rings is 1. The zero-order chi connectivity index (χ0) is 12.8. The maximum absolute atomic E-state index is 12.0. The summed E-state index contributed by atoms with van der Waals surface area (Å²) in [6, 6.07) is 7.12. The van der Waals surface area contributed by atoms with Gasteiger partial charge in [0.1, 0.15) is 5.75 Å². The maximum atomic E-state index is 12.0. The van der Waals surface area contributed by atoms with Crippen molar-refractivity contribution < 1.29 is 9.53 Å². The Hall–Kier alpha value is -1.28. The minimum Gasteiger partial charge on any atom is -0.485 e. The Morgan fingerprint density at radius 2 is 2.17 bits per heavy atom. The van der Waals surface area contributed by atoms with Crippen LogP contribution in [0.15, 0.2) is 35.9 Å². The second kappa shape index (κ2) is 6.60. The molecule has 0 unspecified atom stereocenters. The third-order valence-electron chi connectivity index (χ3n) is 3.07. The molecule has 1 aliphatic rings. The third-order valence-corrected chi connectivity index (χ3v) is 3.30. The van der Waals surface area contributed by atoms with Gasteiger partial charge in [0.05, 0.1) is 0 Å². The van der Waals surface area contributed by atoms with Crippen molar-refractivity contribution in [3.05, 3.63) is 40.9 Å². The maximum Gasteiger partial charge on any atom is 0.195 e. The highest BCUT2D eigenvalue weighted by Gasteiger charge is 2.12. The molecule has 3 heteroatoms. The average molecular weight is 265 g/mol. The van der Waals surface area contributed by atoms with Crippen molar-refractivity contribution in [3.63, 3.8) is 0 Å². The lowest BCUT2D eigenvalue weighted by Gasteiger charge is -2.07. The summed E-state index contributed by atoms with van der Waals surface area (Å²) in [5, 5.41) is 0.619. The minimum absolute atomic E-state index is 0.0943. The molecule has 0 bridgehead atoms. The van der Waals surface area contributed by atoms with Gasteiger partial charge >= 0.3 is 0 Å². The number of hydrogen-bond donors (Lipinski definition) is 0. The summed E-state index contributed by atoms with van der Waals surface area (Å²) in [5.41, 5.74) is 0.925. The van der Waals surface area contributed by atoms with Gasteiger partial charge in [-0.2, -0.15) is 0 Å². The van der Waals surface area contributed by atoms with Crippen molar-refractivity contribution in [2.45, 2.75) is 32.1 Å². The van der Waals surface area contributed by atoms with Crippen LogP contribution in [0, 0.1) is 0 Å². The molecule has 0 saturated heterocycles. The van der Waals surface area contributed by atoms with Gasteiger partial charge in [-0.3, -0.25) is 4.79 Å². The first-order valence-corrected chi connectivity index (χ1v) is 6.74. The van der Waals surface area contributed by atoms with E-state index in [0.717, 1.165) is 24.8 Å². The smallest absolute Gasteiger partial charge is 0.195 e. The number of carbonyl (C=O) groups excluding carboxylic acids is 1. The molecular formula is C15H17ClO2. The van der Waals surface area contributed by atoms with Crippen molar-refractivity contribution in [2.24, 2.45) is 0 Å². The molecule has 1 aromatic carbocycles. The summed E-state index contributed by atoms with van der Waals surface area (Å²) in [7, 11) is 0. The summed E-state index contributed by atoms with van der Waals surface area (Å²) in [4.78, 5) is 12.0. The number of allylic oxidation sites excluding steroid dienone is 1. The molecule has 0 N–H and O–H groups in total. The SMILES string of the molecule is O=C(COc1cccc(Cl)c1)C1=CCCCCC1. The topological polar surface area (TPSA) is 26.3 Å². The molecule has 0 amide bonds. The molecule has 2 rings (SSSR count). The Balaban J connectivity index is 1.89. The van der Waals surface area contributed by atoms with Crippen molar-refractivity contribution in [1.29, 1.82) is 0 Å². The van der Waals surface area contributed by atoms with Gasteiger partial charge < -0.3 is 4.74 Å². The zero-order valence-electron chi connectivity index (χ0n) is 10.3. The fourth-order valence-electron chi connectivity index (χ4n) is 2.07. The van der Waals surface area contributed by atoms with Gasteiger partial charge in [0, 0.05) is 5.02 Å². The number of rotatable bonds is 4. The monoisotopic (exact) mass is 264 g/mol. The van der Waals surface area contributed by atoms with E-state index in [9.17, 15) is 4.79 Å². The molecule has 2 nitrogen and oxygen atoms in total. The normalized spacial score (nSPS) is 15.7. The standard InChI is InChI=1S/C15H17ClO2/c16-13-8-5-9-14(10-13)18-11-15(17)12-6-3-1-2-4-7-12/h5-6,8-10H,1-4,7,11H2. The van der Waals surface area contributed by atoms with Crippen LogP contribution in [0.1, 0.15) is 32.1 Å². The molecule has 0 saturated carbocycles. The Morgan fingerprint density at radius 1 is 1.28 bits per heavy atom. The van der Waals surface area contributed by atoms with Gasteiger partial charge in [-0.15, -0.1) is 0 Å². The Labute approximate surface area is 113 Å². The molecule has 0 heterocycles. The Kier molecular flexibility index (Phi) is 4.82. The number of ether oxygens (including phenoxy) is 1. The second-order valence-corrected chi connectivity index (χ2v) is 4.93. The molecule has 96 valence electrons. The molecule has 0 fully saturated rings. The first-order valence-electron chi connectivity index (χ1n) is 6.36. The van der Waals surface area contributed by atoms with Crippen LogP contribution in [0.3, 0.4) is 0 Å². The molecule has 0 aromatic heterocycles. The quantitative estimate of drug-likeness (QED) is 0.816. The van der Waals surface area contributed by atoms with E-state index in [4.69, 9.17) is 16.3 Å². The Morgan fingerprint density at radius 3 is 3.00 bits per heavy atom. The fraction of sp³-hybridized carbons (Fsp3) is 0.400. The summed E-state index contributed by atoms with van der Waals surface area (Å²) in [6.07, 6.45) is 7.47. The van der Waals surface area contributed by atoms with Crippen LogP contribution < -0.4 is 4.74 Å². The largest absolute Gasteiger partial charge is 0.485 e. The van der Waals surface area contributed by atoms with E-state index in [1.807, 2.05) is 6.07 Å². The third kappa shape index (κ3) is 3.88. The second-order valence-electron chi connectivity index (χ2n) is 4.50. The number of hydrogen-bond acceptors (Lipinski definition) is 2. The van der Waals surface area contributed by atoms with Crippen LogP contribution in [0.2, 0.25) is 5.02 Å². The van der Waals surface area contributed by atoms with Gasteiger partial charge in [-0.05, 0) is 49.5 Å². The van der Waals surface area contributed by atoms with Crippen LogP contribution >= 0.6 is 11.6 Å². The Bertz CT molecular complexity index is 452. The van der Waals surface area contributed by atoms with Gasteiger partial charge in [0.2, 0.25) is 0 Å². The van der Waals surface area contributed by atoms with Crippen LogP contribution in [0.4, 0.5) is 0 Å². The molecule has 0 radical (unpaired) electrons. The number of halogens is 1. The van der Waals surface area contributed by atoms with Gasteiger partial charge in [0.15, 0.2) is 12.4 Å². The summed E-state index contributed by atoms with van der Waals surface area (Å²) < 4.78 is 5.47. The van der Waals surface area contributed by atoms with E-state index in [0.29, 0.717) is 10.8 Å². The van der Waals surface area contributed by atoms with Crippen molar-refractivity contribution in [1.82, 2.24) is 0 Å². The van der Waals surface area contributed by atoms with E-state index in [1.54, 1.807) is 18.2 Å². The van der Waals surface area contributed by atoms with Crippen LogP contribution in [0.25, 0.3) is 0 Å². The molecular weight excluding hydrogens is 248 g/mol. The molecule has 1 aliphatic carbocycles. The van der Waals surface area contributed by atoms with Crippen LogP contribution in [-0.4, -0.2) is 12.4 Å². The summed E-state index contributed by atoms with van der Waals surface area (Å²) in [6.45, 7) is 0.103.